The van der Waals surface area contributed by atoms with Crippen molar-refractivity contribution in [3.8, 4) is 11.5 Å². The number of amides is 1. The molecule has 1 rings (SSSR count). The summed E-state index contributed by atoms with van der Waals surface area (Å²) in [6.45, 7) is -0.309. The summed E-state index contributed by atoms with van der Waals surface area (Å²) < 4.78 is 10.1. The van der Waals surface area contributed by atoms with E-state index in [-0.39, 0.29) is 23.1 Å². The Balaban J connectivity index is 3.06. The number of nitrogens with two attached hydrogens (primary N) is 1. The minimum Gasteiger partial charge on any atom is -0.493 e. The first-order valence-electron chi connectivity index (χ1n) is 4.32. The molecule has 0 saturated carbocycles. The van der Waals surface area contributed by atoms with Gasteiger partial charge in [0, 0.05) is 5.56 Å². The van der Waals surface area contributed by atoms with Crippen molar-refractivity contribution in [1.82, 2.24) is 0 Å². The predicted octanol–water partition coefficient (Wildman–Crippen LogP) is 1.03. The van der Waals surface area contributed by atoms with E-state index in [1.165, 1.54) is 19.2 Å². The molecule has 0 heterocycles. The summed E-state index contributed by atoms with van der Waals surface area (Å²) >= 11 is 5.86. The predicted molar refractivity (Wildman–Crippen MR) is 58.1 cm³/mol. The summed E-state index contributed by atoms with van der Waals surface area (Å²) in [6, 6.07) is 2.86. The molecule has 0 fully saturated rings. The highest BCUT2D eigenvalue weighted by Gasteiger charge is 2.12. The lowest BCUT2D eigenvalue weighted by Crippen LogP contribution is -2.20. The fraction of sp³-hybridized carbons (Fsp3) is 0.200. The van der Waals surface area contributed by atoms with Crippen LogP contribution in [0.4, 0.5) is 0 Å². The van der Waals surface area contributed by atoms with Crippen LogP contribution in [0, 0.1) is 0 Å². The lowest BCUT2D eigenvalue weighted by molar-refractivity contribution is -0.119. The number of aldehydes is 1. The number of benzene rings is 1. The fourth-order valence-electron chi connectivity index (χ4n) is 1.09. The van der Waals surface area contributed by atoms with E-state index < -0.39 is 5.91 Å². The molecule has 0 aliphatic heterocycles. The number of hydrogen-bond donors (Lipinski definition) is 1. The van der Waals surface area contributed by atoms with Crippen LogP contribution in [-0.4, -0.2) is 25.9 Å². The van der Waals surface area contributed by atoms with Crippen LogP contribution >= 0.6 is 11.6 Å². The largest absolute Gasteiger partial charge is 0.493 e. The molecule has 0 unspecified atom stereocenters. The maximum absolute atomic E-state index is 10.6. The number of methoxy groups -OCH3 is 1. The van der Waals surface area contributed by atoms with E-state index in [1.807, 2.05) is 0 Å². The monoisotopic (exact) mass is 243 g/mol. The van der Waals surface area contributed by atoms with Gasteiger partial charge in [-0.05, 0) is 12.1 Å². The topological polar surface area (TPSA) is 78.6 Å². The van der Waals surface area contributed by atoms with E-state index in [2.05, 4.69) is 0 Å². The highest BCUT2D eigenvalue weighted by atomic mass is 35.5. The first kappa shape index (κ1) is 12.3. The summed E-state index contributed by atoms with van der Waals surface area (Å²) in [4.78, 5) is 21.1. The number of hydrogen-bond acceptors (Lipinski definition) is 4. The molecule has 0 spiro atoms. The van der Waals surface area contributed by atoms with Crippen LogP contribution in [0.2, 0.25) is 5.02 Å². The molecular weight excluding hydrogens is 234 g/mol. The van der Waals surface area contributed by atoms with Crippen molar-refractivity contribution in [2.75, 3.05) is 13.7 Å². The fourth-order valence-corrected chi connectivity index (χ4v) is 1.36. The van der Waals surface area contributed by atoms with E-state index in [9.17, 15) is 9.59 Å². The number of halogens is 1. The quantitative estimate of drug-likeness (QED) is 0.784. The second-order valence-electron chi connectivity index (χ2n) is 2.91. The van der Waals surface area contributed by atoms with Crippen LogP contribution in [-0.2, 0) is 4.79 Å². The molecule has 0 saturated heterocycles. The van der Waals surface area contributed by atoms with Gasteiger partial charge in [0.1, 0.15) is 6.29 Å². The minimum atomic E-state index is -0.627. The molecular formula is C10H10ClNO4. The van der Waals surface area contributed by atoms with Gasteiger partial charge in [-0.1, -0.05) is 11.6 Å². The summed E-state index contributed by atoms with van der Waals surface area (Å²) in [5, 5.41) is 0.183. The molecule has 6 heteroatoms. The van der Waals surface area contributed by atoms with Crippen molar-refractivity contribution < 1.29 is 19.1 Å². The van der Waals surface area contributed by atoms with E-state index in [0.717, 1.165) is 0 Å². The summed E-state index contributed by atoms with van der Waals surface area (Å²) in [5.74, 6) is -0.165. The van der Waals surface area contributed by atoms with Crippen LogP contribution in [0.5, 0.6) is 11.5 Å². The van der Waals surface area contributed by atoms with Crippen molar-refractivity contribution in [3.05, 3.63) is 22.7 Å². The zero-order valence-corrected chi connectivity index (χ0v) is 9.28. The van der Waals surface area contributed by atoms with Crippen molar-refractivity contribution >= 4 is 23.8 Å². The minimum absolute atomic E-state index is 0.183. The molecule has 16 heavy (non-hydrogen) atoms. The Hall–Kier alpha value is -1.75. The van der Waals surface area contributed by atoms with E-state index in [0.29, 0.717) is 11.8 Å². The smallest absolute Gasteiger partial charge is 0.255 e. The van der Waals surface area contributed by atoms with E-state index in [1.54, 1.807) is 0 Å². The van der Waals surface area contributed by atoms with Gasteiger partial charge in [0.2, 0.25) is 0 Å². The summed E-state index contributed by atoms with van der Waals surface area (Å²) in [6.07, 6.45) is 0.631. The Morgan fingerprint density at radius 2 is 2.25 bits per heavy atom. The van der Waals surface area contributed by atoms with Crippen molar-refractivity contribution in [1.29, 1.82) is 0 Å². The van der Waals surface area contributed by atoms with Crippen LogP contribution < -0.4 is 15.2 Å². The molecule has 2 N–H and O–H groups in total. The Bertz CT molecular complexity index is 420. The van der Waals surface area contributed by atoms with Crippen LogP contribution in [0.1, 0.15) is 10.4 Å². The standard InChI is InChI=1S/C10H10ClNO4/c1-15-8-3-6(4-13)2-7(11)10(8)16-5-9(12)14/h2-4H,5H2,1H3,(H2,12,14). The van der Waals surface area contributed by atoms with Gasteiger partial charge >= 0.3 is 0 Å². The molecule has 1 aromatic rings. The number of ether oxygens (including phenoxy) is 2. The average molecular weight is 244 g/mol. The Kier molecular flexibility index (Phi) is 4.13. The molecule has 0 aliphatic rings. The third-order valence-corrected chi connectivity index (χ3v) is 2.03. The van der Waals surface area contributed by atoms with Gasteiger partial charge in [0.15, 0.2) is 18.1 Å². The lowest BCUT2D eigenvalue weighted by Gasteiger charge is -2.11. The lowest BCUT2D eigenvalue weighted by atomic mass is 10.2. The van der Waals surface area contributed by atoms with E-state index >= 15 is 0 Å². The van der Waals surface area contributed by atoms with Gasteiger partial charge < -0.3 is 15.2 Å². The van der Waals surface area contributed by atoms with Gasteiger partial charge in [-0.2, -0.15) is 0 Å². The molecule has 0 radical (unpaired) electrons. The zero-order valence-electron chi connectivity index (χ0n) is 8.53. The van der Waals surface area contributed by atoms with Gasteiger partial charge in [-0.15, -0.1) is 0 Å². The highest BCUT2D eigenvalue weighted by molar-refractivity contribution is 6.32. The van der Waals surface area contributed by atoms with Crippen molar-refractivity contribution in [2.45, 2.75) is 0 Å². The van der Waals surface area contributed by atoms with Gasteiger partial charge in [-0.25, -0.2) is 0 Å². The first-order chi connectivity index (χ1) is 7.58. The summed E-state index contributed by atoms with van der Waals surface area (Å²) in [7, 11) is 1.40. The van der Waals surface area contributed by atoms with E-state index in [4.69, 9.17) is 26.8 Å². The molecule has 0 atom stereocenters. The molecule has 1 amide bonds. The second-order valence-corrected chi connectivity index (χ2v) is 3.31. The van der Waals surface area contributed by atoms with Crippen LogP contribution in [0.25, 0.3) is 0 Å². The van der Waals surface area contributed by atoms with Gasteiger partial charge in [-0.3, -0.25) is 9.59 Å². The summed E-state index contributed by atoms with van der Waals surface area (Å²) in [5.41, 5.74) is 5.29. The number of carbonyl (C=O) groups excluding carboxylic acids is 2. The first-order valence-corrected chi connectivity index (χ1v) is 4.70. The maximum Gasteiger partial charge on any atom is 0.255 e. The molecule has 0 aromatic heterocycles. The third kappa shape index (κ3) is 2.87. The Morgan fingerprint density at radius 1 is 1.56 bits per heavy atom. The second kappa shape index (κ2) is 5.37. The van der Waals surface area contributed by atoms with Crippen molar-refractivity contribution in [3.63, 3.8) is 0 Å². The molecule has 1 aromatic carbocycles. The molecule has 0 aliphatic carbocycles. The van der Waals surface area contributed by atoms with Crippen molar-refractivity contribution in [2.24, 2.45) is 5.73 Å². The zero-order chi connectivity index (χ0) is 12.1. The van der Waals surface area contributed by atoms with Gasteiger partial charge in [0.05, 0.1) is 12.1 Å². The third-order valence-electron chi connectivity index (χ3n) is 1.75. The highest BCUT2D eigenvalue weighted by Crippen LogP contribution is 2.35. The number of primary amides is 1. The Morgan fingerprint density at radius 3 is 2.75 bits per heavy atom. The Labute approximate surface area is 97.1 Å². The van der Waals surface area contributed by atoms with Gasteiger partial charge in [0.25, 0.3) is 5.91 Å². The van der Waals surface area contributed by atoms with Crippen LogP contribution in [0.15, 0.2) is 12.1 Å². The number of rotatable bonds is 5. The number of carbonyl (C=O) groups is 2. The molecule has 0 bridgehead atoms. The normalized spacial score (nSPS) is 9.62. The molecule has 86 valence electrons. The average Bonchev–Trinajstić information content (AvgIpc) is 2.26. The van der Waals surface area contributed by atoms with Crippen LogP contribution in [0.3, 0.4) is 0 Å². The maximum atomic E-state index is 10.6. The SMILES string of the molecule is COc1cc(C=O)cc(Cl)c1OCC(N)=O. The molecule has 5 nitrogen and oxygen atoms in total.